The molecular weight excluding hydrogens is 148 g/mol. The summed E-state index contributed by atoms with van der Waals surface area (Å²) >= 11 is 1.18. The quantitative estimate of drug-likeness (QED) is 0.554. The largest absolute Gasteiger partial charge is 0.374 e. The second-order valence-electron chi connectivity index (χ2n) is 0.979. The molecule has 0 fully saturated rings. The minimum Gasteiger partial charge on any atom is -0.374 e. The summed E-state index contributed by atoms with van der Waals surface area (Å²) in [5.74, 6) is 0. The van der Waals surface area contributed by atoms with E-state index in [2.05, 4.69) is 10.2 Å². The summed E-state index contributed by atoms with van der Waals surface area (Å²) in [4.78, 5) is 0. The van der Waals surface area contributed by atoms with Crippen molar-refractivity contribution in [3.63, 3.8) is 0 Å². The van der Waals surface area contributed by atoms with Crippen molar-refractivity contribution in [2.75, 3.05) is 11.5 Å². The molecule has 0 radical (unpaired) electrons. The lowest BCUT2D eigenvalue weighted by molar-refractivity contribution is 1.11. The van der Waals surface area contributed by atoms with Crippen molar-refractivity contribution < 1.29 is 0 Å². The van der Waals surface area contributed by atoms with E-state index < -0.39 is 0 Å². The van der Waals surface area contributed by atoms with Gasteiger partial charge in [-0.05, 0) is 0 Å². The molecule has 0 saturated heterocycles. The van der Waals surface area contributed by atoms with Crippen LogP contribution >= 0.6 is 23.7 Å². The molecule has 1 aromatic rings. The van der Waals surface area contributed by atoms with Crippen molar-refractivity contribution in [2.24, 2.45) is 0 Å². The Hall–Kier alpha value is -0.550. The third-order valence-electron chi connectivity index (χ3n) is 0.456. The predicted octanol–water partition coefficient (Wildman–Crippen LogP) is 0.124. The fourth-order valence-electron chi connectivity index (χ4n) is 0.247. The van der Waals surface area contributed by atoms with Gasteiger partial charge in [0.15, 0.2) is 0 Å². The molecule has 0 amide bonds. The Balaban J connectivity index is 0.000000490. The third-order valence-corrected chi connectivity index (χ3v) is 1.04. The van der Waals surface area contributed by atoms with E-state index in [9.17, 15) is 0 Å². The topological polar surface area (TPSA) is 77.8 Å². The van der Waals surface area contributed by atoms with Crippen molar-refractivity contribution in [2.45, 2.75) is 0 Å². The molecule has 0 saturated carbocycles. The average Bonchev–Trinajstić information content (AvgIpc) is 1.87. The Morgan fingerprint density at radius 2 is 1.50 bits per heavy atom. The number of nitrogens with two attached hydrogens (primary N) is 2. The van der Waals surface area contributed by atoms with Gasteiger partial charge in [0.05, 0.1) is 0 Å². The first-order valence-corrected chi connectivity index (χ1v) is 2.45. The van der Waals surface area contributed by atoms with Crippen LogP contribution < -0.4 is 11.5 Å². The SMILES string of the molecule is Cl.Nc1nnc(N)s1. The molecule has 46 valence electrons. The van der Waals surface area contributed by atoms with Crippen LogP contribution in [0.25, 0.3) is 0 Å². The van der Waals surface area contributed by atoms with E-state index in [1.54, 1.807) is 0 Å². The number of hydrogen-bond donors (Lipinski definition) is 2. The molecule has 1 heterocycles. The molecule has 4 N–H and O–H groups in total. The van der Waals surface area contributed by atoms with Crippen molar-refractivity contribution in [3.8, 4) is 0 Å². The van der Waals surface area contributed by atoms with Gasteiger partial charge in [0.2, 0.25) is 10.3 Å². The Labute approximate surface area is 56.3 Å². The summed E-state index contributed by atoms with van der Waals surface area (Å²) < 4.78 is 0. The van der Waals surface area contributed by atoms with Crippen LogP contribution in [0.15, 0.2) is 0 Å². The summed E-state index contributed by atoms with van der Waals surface area (Å²) in [6, 6.07) is 0. The van der Waals surface area contributed by atoms with Gasteiger partial charge in [0.1, 0.15) is 0 Å². The highest BCUT2D eigenvalue weighted by atomic mass is 35.5. The lowest BCUT2D eigenvalue weighted by Crippen LogP contribution is -1.81. The molecule has 8 heavy (non-hydrogen) atoms. The Morgan fingerprint density at radius 1 is 1.12 bits per heavy atom. The lowest BCUT2D eigenvalue weighted by atomic mass is 11.3. The van der Waals surface area contributed by atoms with E-state index in [1.165, 1.54) is 11.3 Å². The summed E-state index contributed by atoms with van der Waals surface area (Å²) in [5.41, 5.74) is 10.3. The first-order chi connectivity index (χ1) is 3.29. The highest BCUT2D eigenvalue weighted by molar-refractivity contribution is 7.18. The predicted molar refractivity (Wildman–Crippen MR) is 36.0 cm³/mol. The molecule has 4 nitrogen and oxygen atoms in total. The normalized spacial score (nSPS) is 8.00. The minimum atomic E-state index is 0. The number of nitrogens with zero attached hydrogens (tertiary/aromatic N) is 2. The van der Waals surface area contributed by atoms with E-state index in [0.29, 0.717) is 10.3 Å². The Morgan fingerprint density at radius 3 is 1.62 bits per heavy atom. The zero-order valence-corrected chi connectivity index (χ0v) is 5.50. The fraction of sp³-hybridized carbons (Fsp3) is 0. The van der Waals surface area contributed by atoms with E-state index in [0.717, 1.165) is 0 Å². The average molecular weight is 153 g/mol. The Kier molecular flexibility index (Phi) is 2.50. The van der Waals surface area contributed by atoms with Gasteiger partial charge in [-0.15, -0.1) is 22.6 Å². The summed E-state index contributed by atoms with van der Waals surface area (Å²) in [7, 11) is 0. The standard InChI is InChI=1S/C2H4N4S.ClH/c3-1-5-6-2(4)7-1;/h(H2,3,5)(H2,4,6);1H. The van der Waals surface area contributed by atoms with E-state index >= 15 is 0 Å². The molecule has 0 aromatic carbocycles. The van der Waals surface area contributed by atoms with Gasteiger partial charge in [-0.25, -0.2) is 0 Å². The summed E-state index contributed by atoms with van der Waals surface area (Å²) in [5, 5.41) is 7.70. The van der Waals surface area contributed by atoms with Gasteiger partial charge in [-0.1, -0.05) is 11.3 Å². The van der Waals surface area contributed by atoms with Gasteiger partial charge in [0, 0.05) is 0 Å². The van der Waals surface area contributed by atoms with Crippen LogP contribution in [0.1, 0.15) is 0 Å². The van der Waals surface area contributed by atoms with Crippen LogP contribution in [0, 0.1) is 0 Å². The van der Waals surface area contributed by atoms with E-state index in [1.807, 2.05) is 0 Å². The summed E-state index contributed by atoms with van der Waals surface area (Å²) in [6.45, 7) is 0. The van der Waals surface area contributed by atoms with Crippen LogP contribution in [0.4, 0.5) is 10.3 Å². The molecule has 6 heteroatoms. The summed E-state index contributed by atoms with van der Waals surface area (Å²) in [6.07, 6.45) is 0. The lowest BCUT2D eigenvalue weighted by Gasteiger charge is -1.67. The minimum absolute atomic E-state index is 0. The van der Waals surface area contributed by atoms with E-state index in [4.69, 9.17) is 11.5 Å². The number of hydrogen-bond acceptors (Lipinski definition) is 5. The van der Waals surface area contributed by atoms with Crippen LogP contribution in [0.5, 0.6) is 0 Å². The van der Waals surface area contributed by atoms with Crippen LogP contribution in [-0.2, 0) is 0 Å². The second kappa shape index (κ2) is 2.68. The van der Waals surface area contributed by atoms with Crippen LogP contribution in [-0.4, -0.2) is 10.2 Å². The molecule has 0 aliphatic rings. The molecule has 1 rings (SSSR count). The smallest absolute Gasteiger partial charge is 0.204 e. The van der Waals surface area contributed by atoms with Crippen molar-refractivity contribution in [1.29, 1.82) is 0 Å². The highest BCUT2D eigenvalue weighted by Crippen LogP contribution is 2.10. The van der Waals surface area contributed by atoms with Gasteiger partial charge in [-0.3, -0.25) is 0 Å². The van der Waals surface area contributed by atoms with Crippen molar-refractivity contribution >= 4 is 34.0 Å². The van der Waals surface area contributed by atoms with Crippen LogP contribution in [0.3, 0.4) is 0 Å². The zero-order valence-electron chi connectivity index (χ0n) is 3.87. The first-order valence-electron chi connectivity index (χ1n) is 1.63. The molecule has 0 aliphatic heterocycles. The van der Waals surface area contributed by atoms with Gasteiger partial charge in [0.25, 0.3) is 0 Å². The van der Waals surface area contributed by atoms with Gasteiger partial charge in [-0.2, -0.15) is 0 Å². The Bertz CT molecular complexity index is 146. The zero-order chi connectivity index (χ0) is 5.28. The molecule has 0 atom stereocenters. The maximum atomic E-state index is 5.14. The highest BCUT2D eigenvalue weighted by Gasteiger charge is 1.89. The second-order valence-corrected chi connectivity index (χ2v) is 2.02. The fourth-order valence-corrected chi connectivity index (χ4v) is 0.624. The number of nitrogen functional groups attached to an aromatic ring is 2. The van der Waals surface area contributed by atoms with Gasteiger partial charge >= 0.3 is 0 Å². The van der Waals surface area contributed by atoms with Crippen LogP contribution in [0.2, 0.25) is 0 Å². The van der Waals surface area contributed by atoms with Crippen molar-refractivity contribution in [1.82, 2.24) is 10.2 Å². The monoisotopic (exact) mass is 152 g/mol. The molecule has 1 aromatic heterocycles. The molecule has 0 bridgehead atoms. The number of halogens is 1. The molecule has 0 spiro atoms. The number of rotatable bonds is 0. The molecule has 0 aliphatic carbocycles. The molecule has 0 unspecified atom stereocenters. The van der Waals surface area contributed by atoms with Crippen molar-refractivity contribution in [3.05, 3.63) is 0 Å². The van der Waals surface area contributed by atoms with Gasteiger partial charge < -0.3 is 11.5 Å². The molecular formula is C2H5ClN4S. The number of aromatic nitrogens is 2. The maximum Gasteiger partial charge on any atom is 0.204 e. The first kappa shape index (κ1) is 7.45. The third kappa shape index (κ3) is 1.51. The van der Waals surface area contributed by atoms with E-state index in [-0.39, 0.29) is 12.4 Å². The number of anilines is 2. The maximum absolute atomic E-state index is 5.14.